The summed E-state index contributed by atoms with van der Waals surface area (Å²) >= 11 is 0. The molecule has 0 radical (unpaired) electrons. The number of methoxy groups -OCH3 is 1. The molecule has 0 aromatic heterocycles. The van der Waals surface area contributed by atoms with Gasteiger partial charge in [0.25, 0.3) is 0 Å². The average molecular weight is 254 g/mol. The predicted molar refractivity (Wildman–Crippen MR) is 74.5 cm³/mol. The van der Waals surface area contributed by atoms with E-state index in [2.05, 4.69) is 0 Å². The fourth-order valence-electron chi connectivity index (χ4n) is 1.66. The minimum atomic E-state index is -0.101. The van der Waals surface area contributed by atoms with Crippen molar-refractivity contribution in [2.75, 3.05) is 7.11 Å². The van der Waals surface area contributed by atoms with Gasteiger partial charge in [-0.15, -0.1) is 0 Å². The van der Waals surface area contributed by atoms with E-state index in [4.69, 9.17) is 4.74 Å². The zero-order valence-corrected chi connectivity index (χ0v) is 10.5. The van der Waals surface area contributed by atoms with Crippen LogP contribution in [0.4, 0.5) is 0 Å². The summed E-state index contributed by atoms with van der Waals surface area (Å²) in [6.07, 6.45) is 3.03. The molecule has 0 spiro atoms. The summed E-state index contributed by atoms with van der Waals surface area (Å²) < 4.78 is 4.99. The van der Waals surface area contributed by atoms with Gasteiger partial charge >= 0.3 is 0 Å². The number of carbonyl (C=O) groups is 1. The van der Waals surface area contributed by atoms with E-state index in [-0.39, 0.29) is 11.5 Å². The quantitative estimate of drug-likeness (QED) is 0.672. The van der Waals surface area contributed by atoms with E-state index >= 15 is 0 Å². The molecule has 19 heavy (non-hydrogen) atoms. The Morgan fingerprint density at radius 2 is 1.89 bits per heavy atom. The topological polar surface area (TPSA) is 46.5 Å². The van der Waals surface area contributed by atoms with Gasteiger partial charge < -0.3 is 9.84 Å². The summed E-state index contributed by atoms with van der Waals surface area (Å²) in [5, 5.41) is 9.76. The Morgan fingerprint density at radius 1 is 1.16 bits per heavy atom. The molecule has 0 unspecified atom stereocenters. The third-order valence-electron chi connectivity index (χ3n) is 2.71. The van der Waals surface area contributed by atoms with Crippen molar-refractivity contribution in [3.05, 3.63) is 65.7 Å². The first-order chi connectivity index (χ1) is 9.20. The molecule has 0 aliphatic heterocycles. The van der Waals surface area contributed by atoms with Gasteiger partial charge in [0, 0.05) is 17.2 Å². The molecule has 0 heterocycles. The molecule has 0 atom stereocenters. The highest BCUT2D eigenvalue weighted by Crippen LogP contribution is 2.24. The number of rotatable bonds is 4. The molecule has 0 saturated carbocycles. The van der Waals surface area contributed by atoms with Crippen molar-refractivity contribution in [2.45, 2.75) is 0 Å². The van der Waals surface area contributed by atoms with Gasteiger partial charge in [-0.3, -0.25) is 4.79 Å². The van der Waals surface area contributed by atoms with Crippen molar-refractivity contribution in [2.24, 2.45) is 0 Å². The Balaban J connectivity index is 2.17. The van der Waals surface area contributed by atoms with Crippen molar-refractivity contribution < 1.29 is 14.6 Å². The smallest absolute Gasteiger partial charge is 0.185 e. The SMILES string of the molecule is COc1ccc(C=CC(=O)c2ccccc2)c(O)c1. The highest BCUT2D eigenvalue weighted by molar-refractivity contribution is 6.06. The molecule has 0 bridgehead atoms. The summed E-state index contributed by atoms with van der Waals surface area (Å²) in [6, 6.07) is 13.9. The van der Waals surface area contributed by atoms with E-state index in [9.17, 15) is 9.90 Å². The number of ether oxygens (including phenoxy) is 1. The first-order valence-electron chi connectivity index (χ1n) is 5.85. The van der Waals surface area contributed by atoms with Gasteiger partial charge in [-0.05, 0) is 24.3 Å². The molecule has 0 aliphatic rings. The van der Waals surface area contributed by atoms with Crippen LogP contribution >= 0.6 is 0 Å². The average Bonchev–Trinajstić information content (AvgIpc) is 2.46. The highest BCUT2D eigenvalue weighted by atomic mass is 16.5. The van der Waals surface area contributed by atoms with E-state index in [1.807, 2.05) is 18.2 Å². The van der Waals surface area contributed by atoms with E-state index < -0.39 is 0 Å². The van der Waals surface area contributed by atoms with E-state index in [1.54, 1.807) is 30.3 Å². The van der Waals surface area contributed by atoms with Crippen molar-refractivity contribution in [3.63, 3.8) is 0 Å². The van der Waals surface area contributed by atoms with Crippen LogP contribution in [-0.2, 0) is 0 Å². The first-order valence-corrected chi connectivity index (χ1v) is 5.85. The summed E-state index contributed by atoms with van der Waals surface area (Å²) in [5.74, 6) is 0.552. The Kier molecular flexibility index (Phi) is 3.98. The van der Waals surface area contributed by atoms with Gasteiger partial charge in [-0.2, -0.15) is 0 Å². The largest absolute Gasteiger partial charge is 0.507 e. The standard InChI is InChI=1S/C16H14O3/c1-19-14-9-7-13(16(18)11-14)8-10-15(17)12-5-3-2-4-6-12/h2-11,18H,1H3. The summed E-state index contributed by atoms with van der Waals surface area (Å²) in [6.45, 7) is 0. The number of hydrogen-bond donors (Lipinski definition) is 1. The normalized spacial score (nSPS) is 10.6. The number of ketones is 1. The van der Waals surface area contributed by atoms with Crippen molar-refractivity contribution in [3.8, 4) is 11.5 Å². The van der Waals surface area contributed by atoms with Gasteiger partial charge in [0.15, 0.2) is 5.78 Å². The zero-order chi connectivity index (χ0) is 13.7. The number of benzene rings is 2. The number of phenolic OH excluding ortho intramolecular Hbond substituents is 1. The summed E-state index contributed by atoms with van der Waals surface area (Å²) in [5.41, 5.74) is 1.19. The van der Waals surface area contributed by atoms with Crippen molar-refractivity contribution in [1.29, 1.82) is 0 Å². The Hall–Kier alpha value is -2.55. The van der Waals surface area contributed by atoms with E-state index in [0.29, 0.717) is 16.9 Å². The van der Waals surface area contributed by atoms with Gasteiger partial charge in [0.1, 0.15) is 11.5 Å². The lowest BCUT2D eigenvalue weighted by atomic mass is 10.1. The molecular formula is C16H14O3. The molecule has 0 aliphatic carbocycles. The van der Waals surface area contributed by atoms with Crippen LogP contribution in [0.15, 0.2) is 54.6 Å². The number of allylic oxidation sites excluding steroid dienone is 1. The van der Waals surface area contributed by atoms with Crippen LogP contribution < -0.4 is 4.74 Å². The Labute approximate surface area is 111 Å². The van der Waals surface area contributed by atoms with Crippen molar-refractivity contribution in [1.82, 2.24) is 0 Å². The van der Waals surface area contributed by atoms with Crippen LogP contribution in [-0.4, -0.2) is 18.0 Å². The van der Waals surface area contributed by atoms with Gasteiger partial charge in [-0.1, -0.05) is 30.3 Å². The van der Waals surface area contributed by atoms with Crippen LogP contribution in [0.5, 0.6) is 11.5 Å². The highest BCUT2D eigenvalue weighted by Gasteiger charge is 2.02. The second kappa shape index (κ2) is 5.87. The molecule has 0 amide bonds. The molecule has 2 rings (SSSR count). The lowest BCUT2D eigenvalue weighted by Gasteiger charge is -2.02. The van der Waals surface area contributed by atoms with Gasteiger partial charge in [0.05, 0.1) is 7.11 Å². The predicted octanol–water partition coefficient (Wildman–Crippen LogP) is 3.30. The Bertz CT molecular complexity index is 601. The summed E-state index contributed by atoms with van der Waals surface area (Å²) in [4.78, 5) is 11.9. The van der Waals surface area contributed by atoms with Gasteiger partial charge in [-0.25, -0.2) is 0 Å². The minimum absolute atomic E-state index is 0.0801. The monoisotopic (exact) mass is 254 g/mol. The van der Waals surface area contributed by atoms with Crippen LogP contribution in [0.2, 0.25) is 0 Å². The molecule has 3 nitrogen and oxygen atoms in total. The second-order valence-electron chi connectivity index (χ2n) is 3.99. The minimum Gasteiger partial charge on any atom is -0.507 e. The van der Waals surface area contributed by atoms with Gasteiger partial charge in [0.2, 0.25) is 0 Å². The second-order valence-corrected chi connectivity index (χ2v) is 3.99. The number of hydrogen-bond acceptors (Lipinski definition) is 3. The fraction of sp³-hybridized carbons (Fsp3) is 0.0625. The van der Waals surface area contributed by atoms with Crippen LogP contribution in [0, 0.1) is 0 Å². The molecule has 0 fully saturated rings. The molecule has 0 saturated heterocycles. The number of aromatic hydroxyl groups is 1. The van der Waals surface area contributed by atoms with Crippen LogP contribution in [0.25, 0.3) is 6.08 Å². The van der Waals surface area contributed by atoms with Crippen LogP contribution in [0.3, 0.4) is 0 Å². The van der Waals surface area contributed by atoms with E-state index in [1.165, 1.54) is 19.3 Å². The molecule has 3 heteroatoms. The van der Waals surface area contributed by atoms with Crippen molar-refractivity contribution >= 4 is 11.9 Å². The maximum atomic E-state index is 11.9. The maximum Gasteiger partial charge on any atom is 0.185 e. The van der Waals surface area contributed by atoms with Crippen LogP contribution in [0.1, 0.15) is 15.9 Å². The zero-order valence-electron chi connectivity index (χ0n) is 10.5. The number of carbonyl (C=O) groups excluding carboxylic acids is 1. The molecule has 1 N–H and O–H groups in total. The molecule has 2 aromatic rings. The maximum absolute atomic E-state index is 11.9. The Morgan fingerprint density at radius 3 is 2.53 bits per heavy atom. The third-order valence-corrected chi connectivity index (χ3v) is 2.71. The fourth-order valence-corrected chi connectivity index (χ4v) is 1.66. The lowest BCUT2D eigenvalue weighted by Crippen LogP contribution is -1.92. The molecular weight excluding hydrogens is 240 g/mol. The molecule has 96 valence electrons. The molecule has 2 aromatic carbocycles. The summed E-state index contributed by atoms with van der Waals surface area (Å²) in [7, 11) is 1.53. The lowest BCUT2D eigenvalue weighted by molar-refractivity contribution is 0.104. The van der Waals surface area contributed by atoms with E-state index in [0.717, 1.165) is 0 Å². The first kappa shape index (κ1) is 12.9. The third kappa shape index (κ3) is 3.22. The number of phenols is 1.